The first kappa shape index (κ1) is 13.2. The predicted molar refractivity (Wildman–Crippen MR) is 79.2 cm³/mol. The smallest absolute Gasteiger partial charge is 0.0400 e. The first-order valence-corrected chi connectivity index (χ1v) is 7.10. The number of hydrogen-bond donors (Lipinski definition) is 1. The van der Waals surface area contributed by atoms with Gasteiger partial charge in [-0.1, -0.05) is 13.8 Å². The van der Waals surface area contributed by atoms with Crippen molar-refractivity contribution in [2.75, 3.05) is 43.4 Å². The Labute approximate surface area is 111 Å². The average molecular weight is 247 g/mol. The Bertz CT molecular complexity index is 385. The van der Waals surface area contributed by atoms with Crippen LogP contribution in [0.15, 0.2) is 18.2 Å². The number of rotatable bonds is 5. The van der Waals surface area contributed by atoms with Crippen LogP contribution < -0.4 is 10.6 Å². The molecule has 1 aromatic rings. The summed E-state index contributed by atoms with van der Waals surface area (Å²) in [4.78, 5) is 4.99. The first-order chi connectivity index (χ1) is 8.74. The van der Waals surface area contributed by atoms with Gasteiger partial charge >= 0.3 is 0 Å². The largest absolute Gasteiger partial charge is 0.399 e. The van der Waals surface area contributed by atoms with Crippen molar-refractivity contribution in [1.29, 1.82) is 0 Å². The highest BCUT2D eigenvalue weighted by Gasteiger charge is 2.16. The number of nitrogens with two attached hydrogens (primary N) is 1. The summed E-state index contributed by atoms with van der Waals surface area (Å²) in [6.45, 7) is 10.2. The summed E-state index contributed by atoms with van der Waals surface area (Å²) < 4.78 is 0. The van der Waals surface area contributed by atoms with E-state index in [9.17, 15) is 0 Å². The summed E-state index contributed by atoms with van der Waals surface area (Å²) in [7, 11) is 0. The van der Waals surface area contributed by atoms with Crippen LogP contribution in [0.4, 0.5) is 11.4 Å². The van der Waals surface area contributed by atoms with E-state index >= 15 is 0 Å². The zero-order valence-corrected chi connectivity index (χ0v) is 11.7. The molecule has 1 aliphatic heterocycles. The first-order valence-electron chi connectivity index (χ1n) is 7.10. The van der Waals surface area contributed by atoms with E-state index in [2.05, 4.69) is 35.8 Å². The van der Waals surface area contributed by atoms with Gasteiger partial charge in [-0.15, -0.1) is 0 Å². The lowest BCUT2D eigenvalue weighted by atomic mass is 10.0. The molecule has 100 valence electrons. The fourth-order valence-electron chi connectivity index (χ4n) is 2.73. The van der Waals surface area contributed by atoms with Crippen LogP contribution in [0.25, 0.3) is 0 Å². The van der Waals surface area contributed by atoms with Crippen LogP contribution in [0.2, 0.25) is 0 Å². The molecule has 0 aliphatic carbocycles. The van der Waals surface area contributed by atoms with E-state index in [0.29, 0.717) is 0 Å². The Kier molecular flexibility index (Phi) is 4.48. The van der Waals surface area contributed by atoms with E-state index in [1.807, 2.05) is 6.07 Å². The number of likely N-dealkylation sites (N-methyl/N-ethyl adjacent to an activating group) is 1. The number of nitrogens with zero attached hydrogens (tertiary/aromatic N) is 2. The molecular weight excluding hydrogens is 222 g/mol. The molecule has 0 fully saturated rings. The van der Waals surface area contributed by atoms with E-state index in [1.165, 1.54) is 30.6 Å². The third-order valence-electron chi connectivity index (χ3n) is 3.90. The fraction of sp³-hybridized carbons (Fsp3) is 0.600. The highest BCUT2D eigenvalue weighted by Crippen LogP contribution is 2.28. The van der Waals surface area contributed by atoms with Crippen LogP contribution in [-0.4, -0.2) is 37.6 Å². The number of fused-ring (bicyclic) bond motifs is 1. The second-order valence-electron chi connectivity index (χ2n) is 5.01. The van der Waals surface area contributed by atoms with Crippen molar-refractivity contribution in [2.45, 2.75) is 26.7 Å². The van der Waals surface area contributed by atoms with Gasteiger partial charge in [-0.3, -0.25) is 0 Å². The third-order valence-corrected chi connectivity index (χ3v) is 3.90. The van der Waals surface area contributed by atoms with Crippen molar-refractivity contribution in [2.24, 2.45) is 0 Å². The molecule has 0 aromatic heterocycles. The van der Waals surface area contributed by atoms with Gasteiger partial charge in [0.05, 0.1) is 0 Å². The van der Waals surface area contributed by atoms with Gasteiger partial charge in [-0.05, 0) is 49.7 Å². The second kappa shape index (κ2) is 6.10. The van der Waals surface area contributed by atoms with Crippen LogP contribution >= 0.6 is 0 Å². The van der Waals surface area contributed by atoms with E-state index in [4.69, 9.17) is 5.73 Å². The van der Waals surface area contributed by atoms with E-state index in [0.717, 1.165) is 31.9 Å². The molecule has 2 N–H and O–H groups in total. The van der Waals surface area contributed by atoms with Gasteiger partial charge in [0.2, 0.25) is 0 Å². The maximum Gasteiger partial charge on any atom is 0.0400 e. The van der Waals surface area contributed by atoms with Gasteiger partial charge in [0, 0.05) is 31.0 Å². The molecule has 0 amide bonds. The average Bonchev–Trinajstić information content (AvgIpc) is 2.39. The van der Waals surface area contributed by atoms with Crippen LogP contribution in [0, 0.1) is 0 Å². The van der Waals surface area contributed by atoms with Gasteiger partial charge in [-0.25, -0.2) is 0 Å². The standard InChI is InChI=1S/C15H25N3/c1-3-17(4-2)10-11-18-9-5-6-13-12-14(16)7-8-15(13)18/h7-8,12H,3-6,9-11,16H2,1-2H3. The molecule has 1 aromatic carbocycles. The van der Waals surface area contributed by atoms with Crippen molar-refractivity contribution >= 4 is 11.4 Å². The van der Waals surface area contributed by atoms with Gasteiger partial charge < -0.3 is 15.5 Å². The minimum Gasteiger partial charge on any atom is -0.399 e. The summed E-state index contributed by atoms with van der Waals surface area (Å²) in [5, 5.41) is 0. The molecule has 0 unspecified atom stereocenters. The number of hydrogen-bond acceptors (Lipinski definition) is 3. The molecule has 18 heavy (non-hydrogen) atoms. The van der Waals surface area contributed by atoms with Gasteiger partial charge in [0.15, 0.2) is 0 Å². The molecule has 3 heteroatoms. The lowest BCUT2D eigenvalue weighted by molar-refractivity contribution is 0.308. The SMILES string of the molecule is CCN(CC)CCN1CCCc2cc(N)ccc21. The van der Waals surface area contributed by atoms with Crippen molar-refractivity contribution in [3.63, 3.8) is 0 Å². The predicted octanol–water partition coefficient (Wildman–Crippen LogP) is 2.36. The number of nitrogen functional groups attached to an aromatic ring is 1. The number of benzene rings is 1. The molecule has 0 spiro atoms. The lowest BCUT2D eigenvalue weighted by Gasteiger charge is -2.33. The molecule has 1 aliphatic rings. The van der Waals surface area contributed by atoms with Crippen molar-refractivity contribution in [1.82, 2.24) is 4.90 Å². The van der Waals surface area contributed by atoms with Crippen molar-refractivity contribution < 1.29 is 0 Å². The summed E-state index contributed by atoms with van der Waals surface area (Å²) in [5.74, 6) is 0. The van der Waals surface area contributed by atoms with Crippen molar-refractivity contribution in [3.8, 4) is 0 Å². The molecule has 0 radical (unpaired) electrons. The van der Waals surface area contributed by atoms with E-state index in [-0.39, 0.29) is 0 Å². The zero-order valence-electron chi connectivity index (χ0n) is 11.7. The summed E-state index contributed by atoms with van der Waals surface area (Å²) in [6.07, 6.45) is 2.41. The Morgan fingerprint density at radius 3 is 2.78 bits per heavy atom. The Morgan fingerprint density at radius 2 is 2.06 bits per heavy atom. The Morgan fingerprint density at radius 1 is 1.28 bits per heavy atom. The van der Waals surface area contributed by atoms with Crippen LogP contribution in [0.1, 0.15) is 25.8 Å². The van der Waals surface area contributed by atoms with Crippen LogP contribution in [0.5, 0.6) is 0 Å². The van der Waals surface area contributed by atoms with Gasteiger partial charge in [0.1, 0.15) is 0 Å². The molecule has 3 nitrogen and oxygen atoms in total. The second-order valence-corrected chi connectivity index (χ2v) is 5.01. The summed E-state index contributed by atoms with van der Waals surface area (Å²) >= 11 is 0. The Hall–Kier alpha value is -1.22. The van der Waals surface area contributed by atoms with Crippen LogP contribution in [-0.2, 0) is 6.42 Å². The molecule has 0 bridgehead atoms. The normalized spacial score (nSPS) is 14.9. The minimum atomic E-state index is 0.888. The van der Waals surface area contributed by atoms with Crippen LogP contribution in [0.3, 0.4) is 0 Å². The molecule has 0 saturated carbocycles. The van der Waals surface area contributed by atoms with Gasteiger partial charge in [0.25, 0.3) is 0 Å². The quantitative estimate of drug-likeness (QED) is 0.811. The highest BCUT2D eigenvalue weighted by molar-refractivity contribution is 5.61. The molecule has 2 rings (SSSR count). The Balaban J connectivity index is 2.03. The van der Waals surface area contributed by atoms with Gasteiger partial charge in [-0.2, -0.15) is 0 Å². The topological polar surface area (TPSA) is 32.5 Å². The van der Waals surface area contributed by atoms with Crippen molar-refractivity contribution in [3.05, 3.63) is 23.8 Å². The number of anilines is 2. The van der Waals surface area contributed by atoms with E-state index < -0.39 is 0 Å². The maximum absolute atomic E-state index is 5.87. The zero-order chi connectivity index (χ0) is 13.0. The molecular formula is C15H25N3. The van der Waals surface area contributed by atoms with E-state index in [1.54, 1.807) is 0 Å². The fourth-order valence-corrected chi connectivity index (χ4v) is 2.73. The molecule has 0 atom stereocenters. The summed E-state index contributed by atoms with van der Waals surface area (Å²) in [5.41, 5.74) is 9.56. The number of aryl methyl sites for hydroxylation is 1. The molecule has 1 heterocycles. The monoisotopic (exact) mass is 247 g/mol. The maximum atomic E-state index is 5.87. The third kappa shape index (κ3) is 2.96. The highest BCUT2D eigenvalue weighted by atomic mass is 15.2. The lowest BCUT2D eigenvalue weighted by Crippen LogP contribution is -2.37. The minimum absolute atomic E-state index is 0.888. The summed E-state index contributed by atoms with van der Waals surface area (Å²) in [6, 6.07) is 6.35. The molecule has 0 saturated heterocycles.